The van der Waals surface area contributed by atoms with E-state index in [9.17, 15) is 4.39 Å². The molecule has 2 rings (SSSR count). The van der Waals surface area contributed by atoms with Gasteiger partial charge < -0.3 is 5.32 Å². The summed E-state index contributed by atoms with van der Waals surface area (Å²) in [6.45, 7) is 0. The summed E-state index contributed by atoms with van der Waals surface area (Å²) in [5.74, 6) is 0.535. The Balaban J connectivity index is 1.95. The minimum Gasteiger partial charge on any atom is -0.317 e. The third-order valence-electron chi connectivity index (χ3n) is 4.50. The van der Waals surface area contributed by atoms with Crippen LogP contribution in [0, 0.1) is 11.7 Å². The second-order valence-electron chi connectivity index (χ2n) is 6.00. The Morgan fingerprint density at radius 3 is 2.60 bits per heavy atom. The molecule has 1 nitrogen and oxygen atoms in total. The van der Waals surface area contributed by atoms with Crippen LogP contribution in [0.25, 0.3) is 0 Å². The lowest BCUT2D eigenvalue weighted by molar-refractivity contribution is 0.359. The Morgan fingerprint density at radius 2 is 1.95 bits per heavy atom. The molecule has 1 atom stereocenters. The van der Waals surface area contributed by atoms with Crippen molar-refractivity contribution in [3.63, 3.8) is 0 Å². The Hall–Kier alpha value is -0.600. The van der Waals surface area contributed by atoms with E-state index in [1.807, 2.05) is 19.2 Å². The summed E-state index contributed by atoms with van der Waals surface area (Å²) < 4.78 is 14.0. The molecule has 1 saturated carbocycles. The molecule has 0 spiro atoms. The van der Waals surface area contributed by atoms with Crippen LogP contribution in [0.4, 0.5) is 4.39 Å². The van der Waals surface area contributed by atoms with Crippen molar-refractivity contribution in [3.05, 3.63) is 34.6 Å². The molecule has 112 valence electrons. The quantitative estimate of drug-likeness (QED) is 0.757. The molecule has 0 bridgehead atoms. The Bertz CT molecular complexity index is 413. The fraction of sp³-hybridized carbons (Fsp3) is 0.647. The van der Waals surface area contributed by atoms with Crippen molar-refractivity contribution in [1.29, 1.82) is 0 Å². The molecule has 1 aliphatic rings. The zero-order valence-corrected chi connectivity index (χ0v) is 13.1. The lowest BCUT2D eigenvalue weighted by Crippen LogP contribution is -2.30. The van der Waals surface area contributed by atoms with Crippen LogP contribution >= 0.6 is 11.6 Å². The molecule has 1 fully saturated rings. The van der Waals surface area contributed by atoms with Crippen LogP contribution in [0.5, 0.6) is 0 Å². The lowest BCUT2D eigenvalue weighted by atomic mass is 9.90. The van der Waals surface area contributed by atoms with Crippen molar-refractivity contribution in [2.24, 2.45) is 5.92 Å². The van der Waals surface area contributed by atoms with Crippen molar-refractivity contribution in [1.82, 2.24) is 5.32 Å². The maximum absolute atomic E-state index is 14.0. The van der Waals surface area contributed by atoms with Gasteiger partial charge in [-0.15, -0.1) is 0 Å². The van der Waals surface area contributed by atoms with Gasteiger partial charge in [-0.1, -0.05) is 62.3 Å². The minimum absolute atomic E-state index is 0.229. The topological polar surface area (TPSA) is 12.0 Å². The van der Waals surface area contributed by atoms with Crippen LogP contribution < -0.4 is 5.32 Å². The third kappa shape index (κ3) is 4.46. The zero-order valence-electron chi connectivity index (χ0n) is 12.3. The predicted octanol–water partition coefficient (Wildman–Crippen LogP) is 4.97. The fourth-order valence-corrected chi connectivity index (χ4v) is 3.47. The van der Waals surface area contributed by atoms with Gasteiger partial charge in [0.25, 0.3) is 0 Å². The van der Waals surface area contributed by atoms with Crippen LogP contribution in [-0.4, -0.2) is 13.1 Å². The molecule has 0 aromatic heterocycles. The van der Waals surface area contributed by atoms with Gasteiger partial charge in [0.1, 0.15) is 5.82 Å². The normalized spacial score (nSPS) is 18.8. The van der Waals surface area contributed by atoms with E-state index in [0.717, 1.165) is 24.3 Å². The molecule has 1 aromatic rings. The molecule has 1 N–H and O–H groups in total. The van der Waals surface area contributed by atoms with Gasteiger partial charge in [0.2, 0.25) is 0 Å². The second kappa shape index (κ2) is 7.99. The van der Waals surface area contributed by atoms with Crippen LogP contribution in [0.1, 0.15) is 50.5 Å². The molecule has 0 heterocycles. The summed E-state index contributed by atoms with van der Waals surface area (Å²) in [4.78, 5) is 0. The smallest absolute Gasteiger partial charge is 0.145 e. The van der Waals surface area contributed by atoms with Gasteiger partial charge in [-0.05, 0) is 37.4 Å². The second-order valence-corrected chi connectivity index (χ2v) is 6.40. The Morgan fingerprint density at radius 1 is 1.25 bits per heavy atom. The number of halogens is 2. The van der Waals surface area contributed by atoms with Crippen molar-refractivity contribution >= 4 is 11.6 Å². The van der Waals surface area contributed by atoms with E-state index < -0.39 is 0 Å². The van der Waals surface area contributed by atoms with Crippen molar-refractivity contribution in [2.75, 3.05) is 7.05 Å². The van der Waals surface area contributed by atoms with E-state index in [4.69, 9.17) is 11.6 Å². The van der Waals surface area contributed by atoms with Gasteiger partial charge in [0.15, 0.2) is 0 Å². The molecule has 0 amide bonds. The highest BCUT2D eigenvalue weighted by atomic mass is 35.5. The van der Waals surface area contributed by atoms with Crippen LogP contribution in [0.15, 0.2) is 18.2 Å². The van der Waals surface area contributed by atoms with Gasteiger partial charge >= 0.3 is 0 Å². The first-order valence-corrected chi connectivity index (χ1v) is 8.18. The lowest BCUT2D eigenvalue weighted by Gasteiger charge is -2.22. The molecule has 1 aromatic carbocycles. The van der Waals surface area contributed by atoms with Gasteiger partial charge in [0.05, 0.1) is 5.02 Å². The van der Waals surface area contributed by atoms with Crippen LogP contribution in [0.2, 0.25) is 5.02 Å². The van der Waals surface area contributed by atoms with Crippen molar-refractivity contribution < 1.29 is 4.39 Å². The standard InChI is InChI=1S/C17H25ClFN/c1-20-15(11-13-7-4-2-3-5-8-13)12-14-9-6-10-16(18)17(14)19/h6,9-10,13,15,20H,2-5,7-8,11-12H2,1H3. The summed E-state index contributed by atoms with van der Waals surface area (Å²) in [5.41, 5.74) is 0.727. The van der Waals surface area contributed by atoms with Gasteiger partial charge in [0, 0.05) is 6.04 Å². The van der Waals surface area contributed by atoms with Crippen molar-refractivity contribution in [2.45, 2.75) is 57.4 Å². The molecule has 3 heteroatoms. The Labute approximate surface area is 126 Å². The van der Waals surface area contributed by atoms with Gasteiger partial charge in [-0.2, -0.15) is 0 Å². The largest absolute Gasteiger partial charge is 0.317 e. The number of rotatable bonds is 5. The SMILES string of the molecule is CNC(Cc1cccc(Cl)c1F)CC1CCCCCC1. The molecule has 1 aliphatic carbocycles. The molecule has 20 heavy (non-hydrogen) atoms. The first-order chi connectivity index (χ1) is 9.70. The number of likely N-dealkylation sites (N-methyl/N-ethyl adjacent to an activating group) is 1. The van der Waals surface area contributed by atoms with E-state index in [1.54, 1.807) is 6.07 Å². The number of hydrogen-bond acceptors (Lipinski definition) is 1. The molecule has 0 saturated heterocycles. The first-order valence-electron chi connectivity index (χ1n) is 7.81. The van der Waals surface area contributed by atoms with E-state index in [1.165, 1.54) is 38.5 Å². The van der Waals surface area contributed by atoms with Crippen LogP contribution in [-0.2, 0) is 6.42 Å². The monoisotopic (exact) mass is 297 g/mol. The highest BCUT2D eigenvalue weighted by Gasteiger charge is 2.19. The molecular weight excluding hydrogens is 273 g/mol. The van der Waals surface area contributed by atoms with Crippen LogP contribution in [0.3, 0.4) is 0 Å². The van der Waals surface area contributed by atoms with E-state index in [-0.39, 0.29) is 10.8 Å². The molecule has 0 radical (unpaired) electrons. The van der Waals surface area contributed by atoms with Crippen molar-refractivity contribution in [3.8, 4) is 0 Å². The molecular formula is C17H25ClFN. The Kier molecular flexibility index (Phi) is 6.31. The number of nitrogens with one attached hydrogen (secondary N) is 1. The maximum Gasteiger partial charge on any atom is 0.145 e. The van der Waals surface area contributed by atoms with Gasteiger partial charge in [-0.3, -0.25) is 0 Å². The summed E-state index contributed by atoms with van der Waals surface area (Å²) >= 11 is 5.86. The average molecular weight is 298 g/mol. The summed E-state index contributed by atoms with van der Waals surface area (Å²) in [5, 5.41) is 3.58. The third-order valence-corrected chi connectivity index (χ3v) is 4.79. The molecule has 1 unspecified atom stereocenters. The van der Waals surface area contributed by atoms with E-state index in [2.05, 4.69) is 5.32 Å². The predicted molar refractivity (Wildman–Crippen MR) is 83.8 cm³/mol. The van der Waals surface area contributed by atoms with E-state index in [0.29, 0.717) is 6.04 Å². The summed E-state index contributed by atoms with van der Waals surface area (Å²) in [6, 6.07) is 5.63. The average Bonchev–Trinajstić information content (AvgIpc) is 2.71. The first kappa shape index (κ1) is 15.8. The van der Waals surface area contributed by atoms with Gasteiger partial charge in [-0.25, -0.2) is 4.39 Å². The molecule has 0 aliphatic heterocycles. The van der Waals surface area contributed by atoms with E-state index >= 15 is 0 Å². The maximum atomic E-state index is 14.0. The summed E-state index contributed by atoms with van der Waals surface area (Å²) in [6.07, 6.45) is 9.99. The number of benzene rings is 1. The number of hydrogen-bond donors (Lipinski definition) is 1. The highest BCUT2D eigenvalue weighted by Crippen LogP contribution is 2.28. The fourth-order valence-electron chi connectivity index (χ4n) is 3.28. The minimum atomic E-state index is -0.254. The zero-order chi connectivity index (χ0) is 14.4. The summed E-state index contributed by atoms with van der Waals surface area (Å²) in [7, 11) is 1.98. The highest BCUT2D eigenvalue weighted by molar-refractivity contribution is 6.30.